The number of ether oxygens (including phenoxy) is 2. The van der Waals surface area contributed by atoms with Gasteiger partial charge in [-0.15, -0.1) is 0 Å². The highest BCUT2D eigenvalue weighted by molar-refractivity contribution is 6.30. The van der Waals surface area contributed by atoms with Crippen LogP contribution in [-0.2, 0) is 9.53 Å². The zero-order chi connectivity index (χ0) is 24.2. The minimum atomic E-state index is -0.447. The zero-order valence-electron chi connectivity index (χ0n) is 19.0. The van der Waals surface area contributed by atoms with E-state index in [1.54, 1.807) is 61.5 Å². The zero-order valence-corrected chi connectivity index (χ0v) is 19.7. The Morgan fingerprint density at radius 3 is 2.53 bits per heavy atom. The number of urea groups is 1. The van der Waals surface area contributed by atoms with E-state index < -0.39 is 6.03 Å². The Balaban J connectivity index is 1.46. The number of likely N-dealkylation sites (N-methyl/N-ethyl adjacent to an activating group) is 1. The number of hydrogen-bond acceptors (Lipinski definition) is 5. The average Bonchev–Trinajstić information content (AvgIpc) is 2.83. The summed E-state index contributed by atoms with van der Waals surface area (Å²) in [6, 6.07) is 11.0. The maximum absolute atomic E-state index is 13.3. The third-order valence-corrected chi connectivity index (χ3v) is 6.32. The number of halogens is 1. The topological polar surface area (TPSA) is 109 Å². The molecule has 2 aromatic carbocycles. The van der Waals surface area contributed by atoms with Gasteiger partial charge in [-0.3, -0.25) is 9.59 Å². The van der Waals surface area contributed by atoms with E-state index in [1.165, 1.54) is 0 Å². The molecule has 3 atom stereocenters. The summed E-state index contributed by atoms with van der Waals surface area (Å²) in [4.78, 5) is 39.1. The highest BCUT2D eigenvalue weighted by Gasteiger charge is 2.39. The van der Waals surface area contributed by atoms with Crippen molar-refractivity contribution in [2.24, 2.45) is 0 Å². The first-order valence-electron chi connectivity index (χ1n) is 11.1. The van der Waals surface area contributed by atoms with Gasteiger partial charge < -0.3 is 30.3 Å². The van der Waals surface area contributed by atoms with Crippen molar-refractivity contribution >= 4 is 40.8 Å². The van der Waals surface area contributed by atoms with Gasteiger partial charge in [-0.25, -0.2) is 4.79 Å². The second-order valence-electron chi connectivity index (χ2n) is 8.34. The third-order valence-electron chi connectivity index (χ3n) is 6.06. The maximum atomic E-state index is 13.3. The molecule has 9 nitrogen and oxygen atoms in total. The van der Waals surface area contributed by atoms with Gasteiger partial charge in [-0.2, -0.15) is 0 Å². The number of fused-ring (bicyclic) bond motifs is 2. The molecule has 1 fully saturated rings. The van der Waals surface area contributed by atoms with Crippen molar-refractivity contribution < 1.29 is 23.9 Å². The minimum Gasteiger partial charge on any atom is -0.490 e. The van der Waals surface area contributed by atoms with Crippen LogP contribution in [-0.4, -0.2) is 61.7 Å². The van der Waals surface area contributed by atoms with Gasteiger partial charge in [0.1, 0.15) is 18.5 Å². The molecule has 0 saturated carbocycles. The van der Waals surface area contributed by atoms with Crippen LogP contribution in [0.1, 0.15) is 29.6 Å². The lowest BCUT2D eigenvalue weighted by Gasteiger charge is -2.42. The van der Waals surface area contributed by atoms with Crippen LogP contribution in [0.5, 0.6) is 5.75 Å². The summed E-state index contributed by atoms with van der Waals surface area (Å²) < 4.78 is 12.1. The lowest BCUT2D eigenvalue weighted by atomic mass is 9.94. The first kappa shape index (κ1) is 23.8. The molecule has 0 spiro atoms. The van der Waals surface area contributed by atoms with Gasteiger partial charge in [0.2, 0.25) is 5.91 Å². The summed E-state index contributed by atoms with van der Waals surface area (Å²) in [5.74, 6) is 0.112. The first-order chi connectivity index (χ1) is 16.3. The largest absolute Gasteiger partial charge is 0.490 e. The molecule has 2 aliphatic heterocycles. The molecular weight excluding hydrogens is 460 g/mol. The Morgan fingerprint density at radius 2 is 1.79 bits per heavy atom. The summed E-state index contributed by atoms with van der Waals surface area (Å²) in [7, 11) is 3.34. The summed E-state index contributed by atoms with van der Waals surface area (Å²) >= 11 is 5.87. The maximum Gasteiger partial charge on any atom is 0.323 e. The van der Waals surface area contributed by atoms with E-state index in [1.807, 2.05) is 0 Å². The van der Waals surface area contributed by atoms with Crippen LogP contribution in [0.25, 0.3) is 0 Å². The molecule has 0 bridgehead atoms. The number of anilines is 2. The molecule has 4 amide bonds. The molecule has 1 saturated heterocycles. The summed E-state index contributed by atoms with van der Waals surface area (Å²) in [6.45, 7) is 0.253. The Bertz CT molecular complexity index is 1080. The molecule has 0 aromatic heterocycles. The second kappa shape index (κ2) is 10.3. The van der Waals surface area contributed by atoms with E-state index >= 15 is 0 Å². The molecule has 0 radical (unpaired) electrons. The van der Waals surface area contributed by atoms with Crippen LogP contribution in [0.2, 0.25) is 5.02 Å². The predicted octanol–water partition coefficient (Wildman–Crippen LogP) is 3.50. The van der Waals surface area contributed by atoms with Gasteiger partial charge in [-0.05, 0) is 55.3 Å². The van der Waals surface area contributed by atoms with Gasteiger partial charge in [0, 0.05) is 30.5 Å². The molecule has 2 heterocycles. The predicted molar refractivity (Wildman–Crippen MR) is 128 cm³/mol. The van der Waals surface area contributed by atoms with Gasteiger partial charge in [0.25, 0.3) is 5.91 Å². The number of carbonyl (C=O) groups is 3. The SMILES string of the molecule is CNC(=O)C[C@@H]1CC[C@@H]2[C@H](COc3ccc(NC(=O)Nc4ccc(Cl)cc4)cc3C(=O)N2C)O1. The lowest BCUT2D eigenvalue weighted by molar-refractivity contribution is -0.133. The molecular formula is C24H27ClN4O5. The van der Waals surface area contributed by atoms with Crippen molar-refractivity contribution in [1.82, 2.24) is 10.2 Å². The van der Waals surface area contributed by atoms with Crippen molar-refractivity contribution in [2.45, 2.75) is 37.5 Å². The monoisotopic (exact) mass is 486 g/mol. The third kappa shape index (κ3) is 5.43. The Hall–Kier alpha value is -3.30. The van der Waals surface area contributed by atoms with Crippen LogP contribution in [0.3, 0.4) is 0 Å². The van der Waals surface area contributed by atoms with Crippen LogP contribution in [0, 0.1) is 0 Å². The number of rotatable bonds is 4. The molecule has 3 N–H and O–H groups in total. The van der Waals surface area contributed by atoms with Crippen molar-refractivity contribution in [3.05, 3.63) is 53.1 Å². The van der Waals surface area contributed by atoms with Gasteiger partial charge in [0.05, 0.1) is 24.1 Å². The van der Waals surface area contributed by atoms with E-state index in [4.69, 9.17) is 21.1 Å². The molecule has 2 aromatic rings. The highest BCUT2D eigenvalue weighted by Crippen LogP contribution is 2.32. The molecule has 0 unspecified atom stereocenters. The molecule has 4 rings (SSSR count). The number of hydrogen-bond donors (Lipinski definition) is 3. The highest BCUT2D eigenvalue weighted by atomic mass is 35.5. The van der Waals surface area contributed by atoms with Crippen LogP contribution in [0.4, 0.5) is 16.2 Å². The summed E-state index contributed by atoms with van der Waals surface area (Å²) in [5, 5.41) is 8.65. The summed E-state index contributed by atoms with van der Waals surface area (Å²) in [6.07, 6.45) is 1.10. The van der Waals surface area contributed by atoms with Crippen molar-refractivity contribution in [3.63, 3.8) is 0 Å². The van der Waals surface area contributed by atoms with E-state index in [0.29, 0.717) is 40.6 Å². The van der Waals surface area contributed by atoms with Crippen molar-refractivity contribution in [2.75, 3.05) is 31.3 Å². The minimum absolute atomic E-state index is 0.0786. The number of carbonyl (C=O) groups excluding carboxylic acids is 3. The lowest BCUT2D eigenvalue weighted by Crippen LogP contribution is -2.53. The van der Waals surface area contributed by atoms with Crippen LogP contribution < -0.4 is 20.7 Å². The second-order valence-corrected chi connectivity index (χ2v) is 8.78. The smallest absolute Gasteiger partial charge is 0.323 e. The summed E-state index contributed by atoms with van der Waals surface area (Å²) in [5.41, 5.74) is 1.40. The van der Waals surface area contributed by atoms with Crippen LogP contribution in [0.15, 0.2) is 42.5 Å². The Kier molecular flexibility index (Phi) is 7.23. The number of nitrogens with zero attached hydrogens (tertiary/aromatic N) is 1. The van der Waals surface area contributed by atoms with Gasteiger partial charge >= 0.3 is 6.03 Å². The molecule has 34 heavy (non-hydrogen) atoms. The quantitative estimate of drug-likeness (QED) is 0.613. The number of benzene rings is 2. The van der Waals surface area contributed by atoms with Gasteiger partial charge in [-0.1, -0.05) is 11.6 Å². The van der Waals surface area contributed by atoms with E-state index in [0.717, 1.165) is 0 Å². The fourth-order valence-corrected chi connectivity index (χ4v) is 4.37. The average molecular weight is 487 g/mol. The number of nitrogens with one attached hydrogen (secondary N) is 3. The van der Waals surface area contributed by atoms with E-state index in [9.17, 15) is 14.4 Å². The molecule has 10 heteroatoms. The normalized spacial score (nSPS) is 21.8. The Morgan fingerprint density at radius 1 is 1.09 bits per heavy atom. The van der Waals surface area contributed by atoms with Crippen molar-refractivity contribution in [3.8, 4) is 5.75 Å². The van der Waals surface area contributed by atoms with Crippen molar-refractivity contribution in [1.29, 1.82) is 0 Å². The number of amides is 4. The molecule has 0 aliphatic carbocycles. The van der Waals surface area contributed by atoms with Crippen LogP contribution >= 0.6 is 11.6 Å². The first-order valence-corrected chi connectivity index (χ1v) is 11.5. The molecule has 2 aliphatic rings. The van der Waals surface area contributed by atoms with E-state index in [-0.39, 0.29) is 43.1 Å². The fourth-order valence-electron chi connectivity index (χ4n) is 4.24. The molecule has 180 valence electrons. The standard InChI is InChI=1S/C24H27ClN4O5/c1-26-22(30)12-17-8-9-19-21(34-17)13-33-20-10-7-16(11-18(20)23(31)29(19)2)28-24(32)27-15-5-3-14(25)4-6-15/h3-7,10-11,17,19,21H,8-9,12-13H2,1-2H3,(H,26,30)(H2,27,28,32)/t17-,19+,21-/m0/s1. The Labute approximate surface area is 202 Å². The fraction of sp³-hybridized carbons (Fsp3) is 0.375. The van der Waals surface area contributed by atoms with E-state index in [2.05, 4.69) is 16.0 Å². The van der Waals surface area contributed by atoms with Gasteiger partial charge in [0.15, 0.2) is 0 Å².